The number of benzene rings is 1. The van der Waals surface area contributed by atoms with Crippen molar-refractivity contribution in [1.29, 1.82) is 0 Å². The molecule has 1 atom stereocenters. The van der Waals surface area contributed by atoms with Gasteiger partial charge in [-0.1, -0.05) is 18.2 Å². The van der Waals surface area contributed by atoms with Crippen molar-refractivity contribution in [3.8, 4) is 0 Å². The summed E-state index contributed by atoms with van der Waals surface area (Å²) < 4.78 is 0. The van der Waals surface area contributed by atoms with Crippen molar-refractivity contribution in [2.75, 3.05) is 0 Å². The van der Waals surface area contributed by atoms with Gasteiger partial charge in [-0.15, -0.1) is 0 Å². The number of fused-ring (bicyclic) bond motifs is 1. The van der Waals surface area contributed by atoms with Gasteiger partial charge in [-0.3, -0.25) is 4.79 Å². The van der Waals surface area contributed by atoms with Crippen LogP contribution in [0, 0.1) is 0 Å². The van der Waals surface area contributed by atoms with Crippen LogP contribution in [0.5, 0.6) is 0 Å². The van der Waals surface area contributed by atoms with E-state index in [0.717, 1.165) is 6.08 Å². The smallest absolute Gasteiger partial charge is 0.328 e. The van der Waals surface area contributed by atoms with Crippen LogP contribution in [0.15, 0.2) is 30.3 Å². The zero-order valence-electron chi connectivity index (χ0n) is 8.73. The van der Waals surface area contributed by atoms with Crippen LogP contribution >= 0.6 is 0 Å². The van der Waals surface area contributed by atoms with Gasteiger partial charge in [0.05, 0.1) is 6.04 Å². The van der Waals surface area contributed by atoms with E-state index in [1.165, 1.54) is 0 Å². The molecule has 1 aliphatic rings. The van der Waals surface area contributed by atoms with Crippen LogP contribution in [0.4, 0.5) is 0 Å². The molecule has 2 N–H and O–H groups in total. The lowest BCUT2D eigenvalue weighted by atomic mass is 9.90. The highest BCUT2D eigenvalue weighted by Gasteiger charge is 2.25. The first-order chi connectivity index (χ1) is 7.59. The Kier molecular flexibility index (Phi) is 2.48. The van der Waals surface area contributed by atoms with E-state index in [4.69, 9.17) is 5.11 Å². The van der Waals surface area contributed by atoms with Crippen molar-refractivity contribution >= 4 is 17.4 Å². The maximum absolute atomic E-state index is 11.6. The van der Waals surface area contributed by atoms with E-state index in [2.05, 4.69) is 5.32 Å². The monoisotopic (exact) mass is 217 g/mol. The van der Waals surface area contributed by atoms with Gasteiger partial charge in [0.1, 0.15) is 0 Å². The number of aliphatic carboxylic acids is 1. The second-order valence-corrected chi connectivity index (χ2v) is 3.68. The van der Waals surface area contributed by atoms with Crippen molar-refractivity contribution < 1.29 is 14.7 Å². The molecule has 2 rings (SSSR count). The molecule has 0 spiro atoms. The van der Waals surface area contributed by atoms with Crippen LogP contribution in [0.1, 0.15) is 22.8 Å². The zero-order valence-corrected chi connectivity index (χ0v) is 8.73. The Labute approximate surface area is 92.6 Å². The number of carbonyl (C=O) groups is 2. The van der Waals surface area contributed by atoms with Gasteiger partial charge in [0.15, 0.2) is 0 Å². The molecular formula is C12H11NO3. The number of carbonyl (C=O) groups excluding carboxylic acids is 1. The summed E-state index contributed by atoms with van der Waals surface area (Å²) in [5, 5.41) is 11.5. The van der Waals surface area contributed by atoms with E-state index in [1.54, 1.807) is 31.2 Å². The molecule has 0 fully saturated rings. The van der Waals surface area contributed by atoms with Crippen molar-refractivity contribution in [1.82, 2.24) is 5.32 Å². The van der Waals surface area contributed by atoms with Crippen molar-refractivity contribution in [3.05, 3.63) is 41.5 Å². The lowest BCUT2D eigenvalue weighted by molar-refractivity contribution is -0.131. The number of hydrogen-bond acceptors (Lipinski definition) is 2. The summed E-state index contributed by atoms with van der Waals surface area (Å²) in [6.07, 6.45) is 1.14. The third-order valence-electron chi connectivity index (χ3n) is 2.58. The lowest BCUT2D eigenvalue weighted by Crippen LogP contribution is -2.38. The highest BCUT2D eigenvalue weighted by Crippen LogP contribution is 2.26. The van der Waals surface area contributed by atoms with E-state index in [0.29, 0.717) is 16.7 Å². The van der Waals surface area contributed by atoms with Crippen molar-refractivity contribution in [3.63, 3.8) is 0 Å². The second kappa shape index (κ2) is 3.81. The number of rotatable bonds is 1. The molecule has 82 valence electrons. The van der Waals surface area contributed by atoms with Crippen LogP contribution in [-0.2, 0) is 4.79 Å². The normalized spacial score (nSPS) is 21.4. The molecule has 1 aromatic rings. The first kappa shape index (κ1) is 10.4. The molecule has 4 heteroatoms. The summed E-state index contributed by atoms with van der Waals surface area (Å²) in [7, 11) is 0. The van der Waals surface area contributed by atoms with E-state index < -0.39 is 5.97 Å². The molecule has 1 heterocycles. The van der Waals surface area contributed by atoms with E-state index in [9.17, 15) is 9.59 Å². The molecule has 1 aliphatic heterocycles. The molecular weight excluding hydrogens is 206 g/mol. The lowest BCUT2D eigenvalue weighted by Gasteiger charge is -2.25. The minimum Gasteiger partial charge on any atom is -0.478 e. The number of carboxylic acid groups (broad SMARTS) is 1. The average Bonchev–Trinajstić information content (AvgIpc) is 2.24. The summed E-state index contributed by atoms with van der Waals surface area (Å²) in [5.41, 5.74) is 1.84. The maximum atomic E-state index is 11.6. The number of nitrogens with one attached hydrogen (secondary N) is 1. The summed E-state index contributed by atoms with van der Waals surface area (Å²) in [5.74, 6) is -1.17. The Morgan fingerprint density at radius 2 is 2.00 bits per heavy atom. The third kappa shape index (κ3) is 1.69. The molecule has 1 aromatic carbocycles. The highest BCUT2D eigenvalue weighted by atomic mass is 16.4. The molecule has 0 saturated heterocycles. The van der Waals surface area contributed by atoms with Crippen molar-refractivity contribution in [2.45, 2.75) is 13.0 Å². The van der Waals surface area contributed by atoms with Crippen molar-refractivity contribution in [2.24, 2.45) is 0 Å². The Morgan fingerprint density at radius 3 is 2.62 bits per heavy atom. The SMILES string of the molecule is C[C@@H]1NC(=O)c2ccccc2/C1=C\C(=O)O. The predicted molar refractivity (Wildman–Crippen MR) is 59.0 cm³/mol. The van der Waals surface area contributed by atoms with Gasteiger partial charge in [-0.05, 0) is 24.1 Å². The Morgan fingerprint density at radius 1 is 1.38 bits per heavy atom. The fraction of sp³-hybridized carbons (Fsp3) is 0.167. The molecule has 4 nitrogen and oxygen atoms in total. The number of carboxylic acids is 1. The van der Waals surface area contributed by atoms with Crippen LogP contribution < -0.4 is 5.32 Å². The first-order valence-corrected chi connectivity index (χ1v) is 4.94. The van der Waals surface area contributed by atoms with Gasteiger partial charge in [0.25, 0.3) is 5.91 Å². The van der Waals surface area contributed by atoms with Gasteiger partial charge in [-0.2, -0.15) is 0 Å². The molecule has 0 radical (unpaired) electrons. The quantitative estimate of drug-likeness (QED) is 0.696. The maximum Gasteiger partial charge on any atom is 0.328 e. The summed E-state index contributed by atoms with van der Waals surface area (Å²) in [6.45, 7) is 1.77. The molecule has 0 aromatic heterocycles. The van der Waals surface area contributed by atoms with Gasteiger partial charge in [-0.25, -0.2) is 4.79 Å². The molecule has 0 aliphatic carbocycles. The molecule has 0 saturated carbocycles. The number of amides is 1. The van der Waals surface area contributed by atoms with Gasteiger partial charge >= 0.3 is 5.97 Å². The minimum atomic E-state index is -1.01. The Hall–Kier alpha value is -2.10. The zero-order chi connectivity index (χ0) is 11.7. The number of hydrogen-bond donors (Lipinski definition) is 2. The molecule has 16 heavy (non-hydrogen) atoms. The minimum absolute atomic E-state index is 0.161. The molecule has 0 bridgehead atoms. The van der Waals surface area contributed by atoms with E-state index in [1.807, 2.05) is 0 Å². The van der Waals surface area contributed by atoms with Crippen LogP contribution in [0.25, 0.3) is 5.57 Å². The van der Waals surface area contributed by atoms with E-state index in [-0.39, 0.29) is 11.9 Å². The van der Waals surface area contributed by atoms with Gasteiger partial charge in [0, 0.05) is 11.6 Å². The molecule has 0 unspecified atom stereocenters. The Bertz CT molecular complexity index is 491. The highest BCUT2D eigenvalue weighted by molar-refractivity contribution is 6.06. The summed E-state index contributed by atoms with van der Waals surface area (Å²) in [6, 6.07) is 6.72. The summed E-state index contributed by atoms with van der Waals surface area (Å²) >= 11 is 0. The van der Waals surface area contributed by atoms with Crippen LogP contribution in [-0.4, -0.2) is 23.0 Å². The van der Waals surface area contributed by atoms with Gasteiger partial charge < -0.3 is 10.4 Å². The van der Waals surface area contributed by atoms with Crippen LogP contribution in [0.2, 0.25) is 0 Å². The van der Waals surface area contributed by atoms with Gasteiger partial charge in [0.2, 0.25) is 0 Å². The fourth-order valence-electron chi connectivity index (χ4n) is 1.85. The topological polar surface area (TPSA) is 66.4 Å². The first-order valence-electron chi connectivity index (χ1n) is 4.94. The summed E-state index contributed by atoms with van der Waals surface area (Å²) in [4.78, 5) is 22.4. The second-order valence-electron chi connectivity index (χ2n) is 3.68. The third-order valence-corrected chi connectivity index (χ3v) is 2.58. The largest absolute Gasteiger partial charge is 0.478 e. The Balaban J connectivity index is 2.60. The van der Waals surface area contributed by atoms with Crippen LogP contribution in [0.3, 0.4) is 0 Å². The van der Waals surface area contributed by atoms with E-state index >= 15 is 0 Å². The molecule has 1 amide bonds. The average molecular weight is 217 g/mol. The standard InChI is InChI=1S/C12H11NO3/c1-7-10(6-11(14)15)8-4-2-3-5-9(8)12(16)13-7/h2-7H,1H3,(H,13,16)(H,14,15)/b10-6-/t7-/m0/s1. The predicted octanol–water partition coefficient (Wildman–Crippen LogP) is 1.29. The fourth-order valence-corrected chi connectivity index (χ4v) is 1.85.